The van der Waals surface area contributed by atoms with Crippen LogP contribution < -0.4 is 5.32 Å². The molecule has 35 heavy (non-hydrogen) atoms. The van der Waals surface area contributed by atoms with Crippen molar-refractivity contribution in [3.05, 3.63) is 47.0 Å². The molecular weight excluding hydrogens is 576 g/mol. The largest absolute Gasteiger partial charge is 0.504 e. The van der Waals surface area contributed by atoms with Crippen LogP contribution in [0.3, 0.4) is 0 Å². The minimum absolute atomic E-state index is 0. The lowest BCUT2D eigenvalue weighted by molar-refractivity contribution is 0.175. The van der Waals surface area contributed by atoms with Crippen LogP contribution in [0.1, 0.15) is 62.1 Å². The van der Waals surface area contributed by atoms with Crippen molar-refractivity contribution >= 4 is 34.0 Å². The summed E-state index contributed by atoms with van der Waals surface area (Å²) in [5.41, 5.74) is 3.12. The van der Waals surface area contributed by atoms with Crippen LogP contribution >= 0.6 is 34.0 Å². The number of halogens is 2. The third-order valence-electron chi connectivity index (χ3n) is 6.75. The molecule has 6 nitrogen and oxygen atoms in total. The number of rotatable bonds is 13. The topological polar surface area (TPSA) is 96.2 Å². The van der Waals surface area contributed by atoms with Gasteiger partial charge in [0, 0.05) is 11.6 Å². The van der Waals surface area contributed by atoms with Crippen LogP contribution in [0.25, 0.3) is 0 Å². The molecule has 0 unspecified atom stereocenters. The predicted octanol–water partition coefficient (Wildman–Crippen LogP) is 5.63. The Morgan fingerprint density at radius 3 is 2.34 bits per heavy atom. The summed E-state index contributed by atoms with van der Waals surface area (Å²) in [5.74, 6) is -0.0637. The molecule has 8 heteroatoms. The first-order valence-corrected chi connectivity index (χ1v) is 12.5. The number of nitrogens with one attached hydrogen (secondary N) is 1. The molecule has 0 saturated heterocycles. The van der Waals surface area contributed by atoms with Crippen LogP contribution in [-0.4, -0.2) is 57.5 Å². The number of fused-ring (bicyclic) bond motifs is 1. The third kappa shape index (κ3) is 9.48. The second-order valence-electron chi connectivity index (χ2n) is 9.24. The fourth-order valence-electron chi connectivity index (χ4n) is 4.88. The molecule has 0 aromatic heterocycles. The van der Waals surface area contributed by atoms with E-state index < -0.39 is 0 Å². The smallest absolute Gasteiger partial charge is 0.160 e. The van der Waals surface area contributed by atoms with Crippen LogP contribution in [0.4, 0.5) is 0 Å². The van der Waals surface area contributed by atoms with Crippen LogP contribution in [-0.2, 0) is 19.3 Å². The van der Waals surface area contributed by atoms with Crippen molar-refractivity contribution in [1.82, 2.24) is 10.2 Å². The van der Waals surface area contributed by atoms with E-state index in [2.05, 4.69) is 17.1 Å². The van der Waals surface area contributed by atoms with E-state index in [1.807, 2.05) is 12.1 Å². The molecule has 0 spiro atoms. The number of hydrogen-bond donors (Lipinski definition) is 5. The Labute approximate surface area is 230 Å². The van der Waals surface area contributed by atoms with Gasteiger partial charge >= 0.3 is 0 Å². The fraction of sp³-hybridized carbons (Fsp3) is 0.556. The Bertz CT molecular complexity index is 898. The van der Waals surface area contributed by atoms with Crippen molar-refractivity contribution in [2.75, 3.05) is 26.2 Å². The zero-order valence-corrected chi connectivity index (χ0v) is 24.1. The van der Waals surface area contributed by atoms with Gasteiger partial charge in [0.05, 0.1) is 0 Å². The maximum Gasteiger partial charge on any atom is 0.160 e. The Hall–Kier alpha value is -1.48. The lowest BCUT2D eigenvalue weighted by atomic mass is 9.86. The van der Waals surface area contributed by atoms with Gasteiger partial charge in [-0.1, -0.05) is 31.9 Å². The lowest BCUT2D eigenvalue weighted by Crippen LogP contribution is -2.40. The quantitative estimate of drug-likeness (QED) is 0.148. The van der Waals surface area contributed by atoms with E-state index in [-0.39, 0.29) is 57.0 Å². The Morgan fingerprint density at radius 2 is 1.60 bits per heavy atom. The van der Waals surface area contributed by atoms with E-state index in [0.717, 1.165) is 75.8 Å². The van der Waals surface area contributed by atoms with Crippen molar-refractivity contribution in [3.63, 3.8) is 0 Å². The second-order valence-corrected chi connectivity index (χ2v) is 9.24. The fourth-order valence-corrected chi connectivity index (χ4v) is 4.88. The molecule has 0 bridgehead atoms. The first kappa shape index (κ1) is 31.5. The number of aromatic hydroxyl groups is 4. The van der Waals surface area contributed by atoms with E-state index in [1.54, 1.807) is 12.1 Å². The minimum Gasteiger partial charge on any atom is -0.504 e. The highest BCUT2D eigenvalue weighted by atomic mass is 79.9. The normalized spacial score (nSPS) is 14.7. The molecule has 3 rings (SSSR count). The number of unbranched alkanes of at least 4 members (excludes halogenated alkanes) is 3. The molecule has 0 saturated carbocycles. The lowest BCUT2D eigenvalue weighted by Gasteiger charge is -2.35. The zero-order valence-electron chi connectivity index (χ0n) is 20.7. The predicted molar refractivity (Wildman–Crippen MR) is 153 cm³/mol. The van der Waals surface area contributed by atoms with Crippen LogP contribution in [0.15, 0.2) is 30.3 Å². The summed E-state index contributed by atoms with van der Waals surface area (Å²) in [6.45, 7) is 6.33. The van der Waals surface area contributed by atoms with Gasteiger partial charge in [0.2, 0.25) is 0 Å². The molecule has 2 aromatic rings. The molecule has 1 atom stereocenters. The van der Waals surface area contributed by atoms with E-state index >= 15 is 0 Å². The van der Waals surface area contributed by atoms with Gasteiger partial charge < -0.3 is 30.6 Å². The summed E-state index contributed by atoms with van der Waals surface area (Å²) >= 11 is 0. The summed E-state index contributed by atoms with van der Waals surface area (Å²) in [6, 6.07) is 9.10. The zero-order chi connectivity index (χ0) is 23.6. The van der Waals surface area contributed by atoms with Crippen molar-refractivity contribution in [1.29, 1.82) is 0 Å². The molecule has 0 fully saturated rings. The van der Waals surface area contributed by atoms with Gasteiger partial charge in [-0.2, -0.15) is 0 Å². The molecule has 0 radical (unpaired) electrons. The molecule has 2 aromatic carbocycles. The SMILES string of the molecule is Br.Br.CCCN(CCCCCCNCCc1ccc(O)c(O)c1)[C@H]1CCc2c(ccc(O)c2O)C1. The van der Waals surface area contributed by atoms with Crippen molar-refractivity contribution in [2.45, 2.75) is 70.8 Å². The maximum absolute atomic E-state index is 10.1. The number of phenols is 4. The first-order valence-electron chi connectivity index (χ1n) is 12.5. The van der Waals surface area contributed by atoms with Gasteiger partial charge in [0.1, 0.15) is 0 Å². The van der Waals surface area contributed by atoms with Gasteiger partial charge in [-0.15, -0.1) is 34.0 Å². The minimum atomic E-state index is -0.0721. The summed E-state index contributed by atoms with van der Waals surface area (Å²) in [6.07, 6.45) is 9.60. The first-order chi connectivity index (χ1) is 16.0. The summed E-state index contributed by atoms with van der Waals surface area (Å²) < 4.78 is 0. The number of benzene rings is 2. The number of hydrogen-bond acceptors (Lipinski definition) is 6. The maximum atomic E-state index is 10.1. The molecule has 0 aliphatic heterocycles. The highest BCUT2D eigenvalue weighted by Gasteiger charge is 2.26. The Morgan fingerprint density at radius 1 is 0.857 bits per heavy atom. The van der Waals surface area contributed by atoms with Crippen molar-refractivity contribution < 1.29 is 20.4 Å². The molecule has 5 N–H and O–H groups in total. The highest BCUT2D eigenvalue weighted by Crippen LogP contribution is 2.36. The van der Waals surface area contributed by atoms with E-state index in [9.17, 15) is 20.4 Å². The van der Waals surface area contributed by atoms with Crippen LogP contribution in [0.2, 0.25) is 0 Å². The van der Waals surface area contributed by atoms with Crippen LogP contribution in [0.5, 0.6) is 23.0 Å². The summed E-state index contributed by atoms with van der Waals surface area (Å²) in [7, 11) is 0. The molecule has 1 aliphatic carbocycles. The monoisotopic (exact) mass is 616 g/mol. The number of phenolic OH excluding ortho intramolecular Hbond substituents is 4. The van der Waals surface area contributed by atoms with Crippen LogP contribution in [0, 0.1) is 0 Å². The second kappa shape index (κ2) is 16.3. The third-order valence-corrected chi connectivity index (χ3v) is 6.75. The number of nitrogens with zero attached hydrogens (tertiary/aromatic N) is 1. The van der Waals surface area contributed by atoms with E-state index in [1.165, 1.54) is 30.9 Å². The van der Waals surface area contributed by atoms with Crippen molar-refractivity contribution in [3.8, 4) is 23.0 Å². The Kier molecular flexibility index (Phi) is 14.7. The van der Waals surface area contributed by atoms with E-state index in [0.29, 0.717) is 6.04 Å². The molecule has 0 amide bonds. The van der Waals surface area contributed by atoms with E-state index in [4.69, 9.17) is 0 Å². The summed E-state index contributed by atoms with van der Waals surface area (Å²) in [5, 5.41) is 42.3. The standard InChI is InChI=1S/C27H40N2O4.2BrH/c1-2-16-29(22-9-10-23-21(19-22)8-12-25(31)27(23)33)17-6-4-3-5-14-28-15-13-20-7-11-24(30)26(32)18-20;;/h7-8,11-12,18,22,28,30-33H,2-6,9-10,13-17,19H2,1H3;2*1H/t22-;;/m0../s1. The summed E-state index contributed by atoms with van der Waals surface area (Å²) in [4.78, 5) is 2.62. The average molecular weight is 618 g/mol. The molecule has 198 valence electrons. The molecular formula is C27H42Br2N2O4. The van der Waals surface area contributed by atoms with Gasteiger partial charge in [0.15, 0.2) is 23.0 Å². The van der Waals surface area contributed by atoms with Crippen molar-refractivity contribution in [2.24, 2.45) is 0 Å². The molecule has 0 heterocycles. The molecule has 1 aliphatic rings. The average Bonchev–Trinajstić information content (AvgIpc) is 2.81. The Balaban J connectivity index is 0.00000306. The van der Waals surface area contributed by atoms with Gasteiger partial charge in [-0.3, -0.25) is 0 Å². The highest BCUT2D eigenvalue weighted by molar-refractivity contribution is 8.93. The van der Waals surface area contributed by atoms with Gasteiger partial charge in [-0.05, 0) is 100 Å². The van der Waals surface area contributed by atoms with Gasteiger partial charge in [0.25, 0.3) is 0 Å². The van der Waals surface area contributed by atoms with Gasteiger partial charge in [-0.25, -0.2) is 0 Å².